The zero-order chi connectivity index (χ0) is 10.0. The SMILES string of the molecule is COC[N+](C)(C)C.N#CN=C=[N-]. The number of aliphatic imine (C=N–C) groups is 1. The first-order valence-corrected chi connectivity index (χ1v) is 3.25. The predicted molar refractivity (Wildman–Crippen MR) is 46.3 cm³/mol. The number of hydrogen-bond donors (Lipinski definition) is 0. The standard InChI is InChI=1S/C5H14NO.C2N3/c1-6(2,3)5-7-4;3-1-5-2-4/h5H2,1-4H3;/q+1;-1. The smallest absolute Gasteiger partial charge is 0.182 e. The minimum atomic E-state index is 0.778. The Bertz CT molecular complexity index is 183. The summed E-state index contributed by atoms with van der Waals surface area (Å²) in [5, 5.41) is 14.9. The first-order chi connectivity index (χ1) is 5.47. The van der Waals surface area contributed by atoms with E-state index in [1.807, 2.05) is 0 Å². The summed E-state index contributed by atoms with van der Waals surface area (Å²) in [5.74, 6) is 0. The van der Waals surface area contributed by atoms with Crippen molar-refractivity contribution in [2.75, 3.05) is 35.0 Å². The summed E-state index contributed by atoms with van der Waals surface area (Å²) in [4.78, 5) is 2.58. The molecule has 68 valence electrons. The molecular formula is C7H14N4O. The van der Waals surface area contributed by atoms with Crippen molar-refractivity contribution in [3.63, 3.8) is 0 Å². The molecule has 0 saturated heterocycles. The average molecular weight is 170 g/mol. The summed E-state index contributed by atoms with van der Waals surface area (Å²) in [6.45, 7) is 0.778. The summed E-state index contributed by atoms with van der Waals surface area (Å²) >= 11 is 0. The highest BCUT2D eigenvalue weighted by molar-refractivity contribution is 5.46. The third-order valence-electron chi connectivity index (χ3n) is 0.616. The van der Waals surface area contributed by atoms with Crippen LogP contribution >= 0.6 is 0 Å². The molecular weight excluding hydrogens is 156 g/mol. The fourth-order valence-corrected chi connectivity index (χ4v) is 0.410. The van der Waals surface area contributed by atoms with Crippen LogP contribution in [0.25, 0.3) is 5.41 Å². The third kappa shape index (κ3) is 23.2. The second kappa shape index (κ2) is 7.89. The van der Waals surface area contributed by atoms with E-state index in [-0.39, 0.29) is 0 Å². The molecule has 0 aromatic rings. The van der Waals surface area contributed by atoms with Crippen LogP contribution in [-0.2, 0) is 4.74 Å². The molecule has 0 spiro atoms. The number of ether oxygens (including phenoxy) is 1. The molecule has 5 nitrogen and oxygen atoms in total. The van der Waals surface area contributed by atoms with Crippen LogP contribution in [-0.4, -0.2) is 45.5 Å². The van der Waals surface area contributed by atoms with Crippen LogP contribution in [0, 0.1) is 11.5 Å². The second-order valence-electron chi connectivity index (χ2n) is 3.02. The van der Waals surface area contributed by atoms with E-state index in [1.54, 1.807) is 7.11 Å². The van der Waals surface area contributed by atoms with E-state index in [0.29, 0.717) is 0 Å². The van der Waals surface area contributed by atoms with Gasteiger partial charge in [0.05, 0.1) is 27.3 Å². The monoisotopic (exact) mass is 170 g/mol. The third-order valence-corrected chi connectivity index (χ3v) is 0.616. The minimum absolute atomic E-state index is 0.778. The van der Waals surface area contributed by atoms with Gasteiger partial charge in [0.25, 0.3) is 0 Å². The summed E-state index contributed by atoms with van der Waals surface area (Å²) in [6.07, 6.45) is 1.28. The molecule has 5 heteroatoms. The lowest BCUT2D eigenvalue weighted by Crippen LogP contribution is -2.35. The van der Waals surface area contributed by atoms with E-state index < -0.39 is 0 Å². The summed E-state index contributed by atoms with van der Waals surface area (Å²) in [5.41, 5.74) is 0. The van der Waals surface area contributed by atoms with Crippen molar-refractivity contribution in [1.29, 1.82) is 5.26 Å². The molecule has 0 bridgehead atoms. The number of nitrogens with zero attached hydrogens (tertiary/aromatic N) is 4. The van der Waals surface area contributed by atoms with Crippen LogP contribution in [0.1, 0.15) is 0 Å². The topological polar surface area (TPSA) is 67.7 Å². The lowest BCUT2D eigenvalue weighted by atomic mass is 10.7. The highest BCUT2D eigenvalue weighted by Crippen LogP contribution is 1.86. The number of hydrogen-bond acceptors (Lipinski definition) is 3. The molecule has 0 amide bonds. The predicted octanol–water partition coefficient (Wildman–Crippen LogP) is 0.507. The van der Waals surface area contributed by atoms with Crippen molar-refractivity contribution in [3.05, 3.63) is 5.41 Å². The Morgan fingerprint density at radius 2 is 2.00 bits per heavy atom. The molecule has 12 heavy (non-hydrogen) atoms. The normalized spacial score (nSPS) is 8.58. The van der Waals surface area contributed by atoms with Crippen molar-refractivity contribution in [3.8, 4) is 6.19 Å². The Morgan fingerprint density at radius 3 is 2.00 bits per heavy atom. The van der Waals surface area contributed by atoms with Crippen LogP contribution < -0.4 is 0 Å². The summed E-state index contributed by atoms with van der Waals surface area (Å²) in [6, 6.07) is 1.28. The van der Waals surface area contributed by atoms with Crippen molar-refractivity contribution < 1.29 is 9.22 Å². The van der Waals surface area contributed by atoms with Gasteiger partial charge in [-0.25, -0.2) is 0 Å². The van der Waals surface area contributed by atoms with Gasteiger partial charge in [0.1, 0.15) is 0 Å². The maximum atomic E-state index is 7.43. The Morgan fingerprint density at radius 1 is 1.50 bits per heavy atom. The Balaban J connectivity index is 0. The number of methoxy groups -OCH3 is 1. The average Bonchev–Trinajstić information content (AvgIpc) is 1.87. The Kier molecular flexibility index (Phi) is 8.80. The Hall–Kier alpha value is -1.21. The highest BCUT2D eigenvalue weighted by atomic mass is 16.5. The molecule has 0 saturated carbocycles. The van der Waals surface area contributed by atoms with E-state index in [0.717, 1.165) is 11.2 Å². The molecule has 0 atom stereocenters. The number of rotatable bonds is 2. The molecule has 0 aliphatic carbocycles. The molecule has 0 heterocycles. The highest BCUT2D eigenvalue weighted by Gasteiger charge is 2.02. The van der Waals surface area contributed by atoms with Crippen LogP contribution in [0.3, 0.4) is 0 Å². The van der Waals surface area contributed by atoms with E-state index in [9.17, 15) is 0 Å². The molecule has 0 aromatic carbocycles. The molecule has 0 rings (SSSR count). The second-order valence-corrected chi connectivity index (χ2v) is 3.02. The zero-order valence-electron chi connectivity index (χ0n) is 7.90. The van der Waals surface area contributed by atoms with Gasteiger partial charge in [-0.2, -0.15) is 5.26 Å². The number of nitriles is 1. The van der Waals surface area contributed by atoms with Gasteiger partial charge in [0.2, 0.25) is 0 Å². The molecule has 0 aliphatic heterocycles. The molecule has 0 radical (unpaired) electrons. The fraction of sp³-hybridized carbons (Fsp3) is 0.714. The number of quaternary nitrogens is 1. The van der Waals surface area contributed by atoms with Crippen molar-refractivity contribution in [2.45, 2.75) is 0 Å². The Labute approximate surface area is 73.0 Å². The first kappa shape index (κ1) is 13.4. The van der Waals surface area contributed by atoms with Gasteiger partial charge in [-0.1, -0.05) is 0 Å². The van der Waals surface area contributed by atoms with Crippen molar-refractivity contribution in [1.82, 2.24) is 0 Å². The van der Waals surface area contributed by atoms with E-state index >= 15 is 0 Å². The first-order valence-electron chi connectivity index (χ1n) is 3.25. The van der Waals surface area contributed by atoms with Gasteiger partial charge in [-0.3, -0.25) is 0 Å². The molecule has 0 N–H and O–H groups in total. The van der Waals surface area contributed by atoms with E-state index in [1.165, 1.54) is 12.2 Å². The molecule has 0 unspecified atom stereocenters. The van der Waals surface area contributed by atoms with Gasteiger partial charge in [0.15, 0.2) is 6.73 Å². The van der Waals surface area contributed by atoms with Gasteiger partial charge in [-0.15, -0.1) is 6.01 Å². The molecule has 0 aromatic heterocycles. The van der Waals surface area contributed by atoms with Crippen molar-refractivity contribution in [2.24, 2.45) is 4.99 Å². The van der Waals surface area contributed by atoms with Crippen molar-refractivity contribution >= 4 is 6.01 Å². The van der Waals surface area contributed by atoms with Crippen LogP contribution in [0.15, 0.2) is 4.99 Å². The fourth-order valence-electron chi connectivity index (χ4n) is 0.410. The van der Waals surface area contributed by atoms with Crippen LogP contribution in [0.5, 0.6) is 0 Å². The van der Waals surface area contributed by atoms with Crippen LogP contribution in [0.4, 0.5) is 0 Å². The molecule has 0 aliphatic rings. The maximum absolute atomic E-state index is 7.43. The van der Waals surface area contributed by atoms with Gasteiger partial charge < -0.3 is 19.6 Å². The van der Waals surface area contributed by atoms with E-state index in [2.05, 4.69) is 26.1 Å². The zero-order valence-corrected chi connectivity index (χ0v) is 7.90. The lowest BCUT2D eigenvalue weighted by molar-refractivity contribution is -0.890. The quantitative estimate of drug-likeness (QED) is 0.262. The van der Waals surface area contributed by atoms with E-state index in [4.69, 9.17) is 15.4 Å². The largest absolute Gasteiger partial charge is 0.422 e. The van der Waals surface area contributed by atoms with Gasteiger partial charge in [-0.05, 0) is 0 Å². The van der Waals surface area contributed by atoms with Crippen LogP contribution in [0.2, 0.25) is 0 Å². The maximum Gasteiger partial charge on any atom is 0.182 e. The summed E-state index contributed by atoms with van der Waals surface area (Å²) in [7, 11) is 7.97. The van der Waals surface area contributed by atoms with Gasteiger partial charge >= 0.3 is 0 Å². The lowest BCUT2D eigenvalue weighted by Gasteiger charge is -2.21. The summed E-state index contributed by atoms with van der Waals surface area (Å²) < 4.78 is 5.75. The minimum Gasteiger partial charge on any atom is -0.422 e. The van der Waals surface area contributed by atoms with Gasteiger partial charge in [0, 0.05) is 7.11 Å². The molecule has 0 fully saturated rings.